The van der Waals surface area contributed by atoms with Crippen LogP contribution in [0.2, 0.25) is 0 Å². The van der Waals surface area contributed by atoms with E-state index >= 15 is 0 Å². The summed E-state index contributed by atoms with van der Waals surface area (Å²) in [7, 11) is 2.02. The molecule has 3 aliphatic rings. The molecule has 0 N–H and O–H groups in total. The molecule has 0 radical (unpaired) electrons. The Morgan fingerprint density at radius 3 is 2.12 bits per heavy atom. The second kappa shape index (κ2) is 5.84. The molecule has 9 heteroatoms. The molecule has 25 heavy (non-hydrogen) atoms. The highest BCUT2D eigenvalue weighted by Gasteiger charge is 2.65. The van der Waals surface area contributed by atoms with Crippen LogP contribution in [0.25, 0.3) is 0 Å². The molecule has 142 valence electrons. The Balaban J connectivity index is 1.93. The first-order valence-electron chi connectivity index (χ1n) is 8.69. The van der Waals surface area contributed by atoms with Crippen LogP contribution in [0, 0.1) is 10.8 Å². The summed E-state index contributed by atoms with van der Waals surface area (Å²) >= 11 is 0. The number of carbonyl (C=O) groups excluding carboxylic acids is 2. The van der Waals surface area contributed by atoms with Crippen LogP contribution in [0.15, 0.2) is 0 Å². The van der Waals surface area contributed by atoms with Gasteiger partial charge in [-0.2, -0.15) is 0 Å². The summed E-state index contributed by atoms with van der Waals surface area (Å²) < 4.78 is 25.2. The Labute approximate surface area is 149 Å². The molecule has 3 rings (SSSR count). The van der Waals surface area contributed by atoms with Gasteiger partial charge in [-0.1, -0.05) is 0 Å². The molecule has 3 fully saturated rings. The van der Waals surface area contributed by atoms with E-state index in [9.17, 15) is 18.0 Å². The van der Waals surface area contributed by atoms with Crippen molar-refractivity contribution in [3.8, 4) is 0 Å². The van der Waals surface area contributed by atoms with Crippen molar-refractivity contribution in [2.24, 2.45) is 10.8 Å². The van der Waals surface area contributed by atoms with E-state index in [-0.39, 0.29) is 17.4 Å². The van der Waals surface area contributed by atoms with Crippen molar-refractivity contribution in [2.45, 2.75) is 19.3 Å². The van der Waals surface area contributed by atoms with E-state index in [0.29, 0.717) is 45.6 Å². The first-order valence-corrected chi connectivity index (χ1v) is 10.5. The second-order valence-electron chi connectivity index (χ2n) is 8.03. The van der Waals surface area contributed by atoms with Gasteiger partial charge in [0.15, 0.2) is 0 Å². The summed E-state index contributed by atoms with van der Waals surface area (Å²) in [5, 5.41) is 0. The van der Waals surface area contributed by atoms with Gasteiger partial charge in [-0.05, 0) is 19.3 Å². The fourth-order valence-corrected chi connectivity index (χ4v) is 5.78. The smallest absolute Gasteiger partial charge is 0.319 e. The molecule has 2 spiro atoms. The molecule has 1 atom stereocenters. The third kappa shape index (κ3) is 2.71. The van der Waals surface area contributed by atoms with Crippen molar-refractivity contribution >= 4 is 22.0 Å². The van der Waals surface area contributed by atoms with E-state index < -0.39 is 15.4 Å². The number of piperidine rings is 1. The van der Waals surface area contributed by atoms with Gasteiger partial charge in [0.05, 0.1) is 11.7 Å². The van der Waals surface area contributed by atoms with Gasteiger partial charge in [0, 0.05) is 59.3 Å². The summed E-state index contributed by atoms with van der Waals surface area (Å²) in [4.78, 5) is 30.7. The number of hydrogen-bond acceptors (Lipinski definition) is 4. The highest BCUT2D eigenvalue weighted by molar-refractivity contribution is 7.88. The average molecular weight is 372 g/mol. The highest BCUT2D eigenvalue weighted by Crippen LogP contribution is 2.57. The van der Waals surface area contributed by atoms with Gasteiger partial charge in [-0.3, -0.25) is 4.79 Å². The molecule has 3 heterocycles. The quantitative estimate of drug-likeness (QED) is 0.642. The minimum Gasteiger partial charge on any atom is -0.345 e. The Bertz CT molecular complexity index is 684. The zero-order chi connectivity index (χ0) is 18.6. The Morgan fingerprint density at radius 1 is 1.08 bits per heavy atom. The molecule has 3 aliphatic heterocycles. The number of likely N-dealkylation sites (tertiary alicyclic amines) is 2. The summed E-state index contributed by atoms with van der Waals surface area (Å²) in [5.41, 5.74) is -0.904. The molecule has 0 aromatic carbocycles. The molecule has 0 bridgehead atoms. The number of rotatable bonds is 1. The van der Waals surface area contributed by atoms with Crippen LogP contribution in [0.1, 0.15) is 19.3 Å². The second-order valence-corrected chi connectivity index (χ2v) is 10.0. The predicted molar refractivity (Wildman–Crippen MR) is 93.4 cm³/mol. The molecule has 0 aromatic heterocycles. The molecule has 1 unspecified atom stereocenters. The van der Waals surface area contributed by atoms with E-state index in [1.165, 1.54) is 10.6 Å². The van der Waals surface area contributed by atoms with Gasteiger partial charge in [-0.25, -0.2) is 17.5 Å². The minimum absolute atomic E-state index is 0.0795. The highest BCUT2D eigenvalue weighted by atomic mass is 32.2. The van der Waals surface area contributed by atoms with Gasteiger partial charge in [0.2, 0.25) is 15.9 Å². The number of hydrogen-bond donors (Lipinski definition) is 0. The summed E-state index contributed by atoms with van der Waals surface area (Å²) in [6.45, 7) is 2.50. The van der Waals surface area contributed by atoms with Crippen molar-refractivity contribution in [2.75, 3.05) is 60.1 Å². The lowest BCUT2D eigenvalue weighted by atomic mass is 9.60. The van der Waals surface area contributed by atoms with Crippen molar-refractivity contribution in [3.05, 3.63) is 0 Å². The molecule has 0 saturated carbocycles. The van der Waals surface area contributed by atoms with E-state index in [4.69, 9.17) is 0 Å². The summed E-state index contributed by atoms with van der Waals surface area (Å²) in [6.07, 6.45) is 3.21. The predicted octanol–water partition coefficient (Wildman–Crippen LogP) is -0.126. The molecule has 3 saturated heterocycles. The van der Waals surface area contributed by atoms with Crippen LogP contribution in [0.4, 0.5) is 4.79 Å². The third-order valence-corrected chi connectivity index (χ3v) is 7.70. The van der Waals surface area contributed by atoms with Gasteiger partial charge in [0.1, 0.15) is 0 Å². The standard InChI is InChI=1S/C16H28N4O4S/c1-17(2)14(22)19-11-15(5-9-20(10-6-15)25(4,23)24)16(12-19)7-8-18(3)13(16)21/h5-12H2,1-4H3. The molecule has 3 amide bonds. The van der Waals surface area contributed by atoms with Crippen molar-refractivity contribution in [1.29, 1.82) is 0 Å². The van der Waals surface area contributed by atoms with Crippen molar-refractivity contribution < 1.29 is 18.0 Å². The lowest BCUT2D eigenvalue weighted by Crippen LogP contribution is -2.53. The zero-order valence-electron chi connectivity index (χ0n) is 15.5. The lowest BCUT2D eigenvalue weighted by molar-refractivity contribution is -0.140. The maximum absolute atomic E-state index is 13.1. The first kappa shape index (κ1) is 18.4. The van der Waals surface area contributed by atoms with E-state index in [1.54, 1.807) is 28.8 Å². The number of fused-ring (bicyclic) bond motifs is 1. The van der Waals surface area contributed by atoms with Crippen LogP contribution in [0.3, 0.4) is 0 Å². The number of sulfonamides is 1. The molecule has 8 nitrogen and oxygen atoms in total. The van der Waals surface area contributed by atoms with E-state index in [1.807, 2.05) is 7.05 Å². The normalized spacial score (nSPS) is 29.8. The average Bonchev–Trinajstić information content (AvgIpc) is 3.00. The van der Waals surface area contributed by atoms with Crippen LogP contribution >= 0.6 is 0 Å². The monoisotopic (exact) mass is 372 g/mol. The molecule has 0 aromatic rings. The first-order chi connectivity index (χ1) is 11.5. The topological polar surface area (TPSA) is 81.2 Å². The van der Waals surface area contributed by atoms with Crippen LogP contribution in [0.5, 0.6) is 0 Å². The van der Waals surface area contributed by atoms with E-state index in [0.717, 1.165) is 6.42 Å². The summed E-state index contributed by atoms with van der Waals surface area (Å²) in [5.74, 6) is 0.106. The molecule has 0 aliphatic carbocycles. The maximum atomic E-state index is 13.1. The van der Waals surface area contributed by atoms with Crippen LogP contribution in [-0.2, 0) is 14.8 Å². The van der Waals surface area contributed by atoms with Gasteiger partial charge in [-0.15, -0.1) is 0 Å². The number of nitrogens with zero attached hydrogens (tertiary/aromatic N) is 4. The van der Waals surface area contributed by atoms with Gasteiger partial charge in [0.25, 0.3) is 0 Å². The Morgan fingerprint density at radius 2 is 1.68 bits per heavy atom. The largest absolute Gasteiger partial charge is 0.345 e. The Kier molecular flexibility index (Phi) is 4.31. The molecular formula is C16H28N4O4S. The van der Waals surface area contributed by atoms with Crippen LogP contribution in [-0.4, -0.2) is 99.5 Å². The zero-order valence-corrected chi connectivity index (χ0v) is 16.3. The lowest BCUT2D eigenvalue weighted by Gasteiger charge is -2.46. The minimum atomic E-state index is -3.23. The Hall–Kier alpha value is -1.35. The van der Waals surface area contributed by atoms with Gasteiger partial charge < -0.3 is 14.7 Å². The van der Waals surface area contributed by atoms with Gasteiger partial charge >= 0.3 is 6.03 Å². The van der Waals surface area contributed by atoms with Crippen molar-refractivity contribution in [1.82, 2.24) is 19.0 Å². The van der Waals surface area contributed by atoms with Crippen LogP contribution < -0.4 is 0 Å². The molecular weight excluding hydrogens is 344 g/mol. The van der Waals surface area contributed by atoms with Crippen molar-refractivity contribution in [3.63, 3.8) is 0 Å². The maximum Gasteiger partial charge on any atom is 0.319 e. The summed E-state index contributed by atoms with van der Waals surface area (Å²) in [6, 6.07) is -0.0795. The van der Waals surface area contributed by atoms with E-state index in [2.05, 4.69) is 0 Å². The fourth-order valence-electron chi connectivity index (χ4n) is 4.94. The SMILES string of the molecule is CN(C)C(=O)N1CC2(CCN(S(C)(=O)=O)CC2)C2(CCN(C)C2=O)C1. The fraction of sp³-hybridized carbons (Fsp3) is 0.875. The number of urea groups is 1. The third-order valence-electron chi connectivity index (χ3n) is 6.40. The number of carbonyl (C=O) groups is 2. The number of amides is 3.